The maximum absolute atomic E-state index is 13.7. The third kappa shape index (κ3) is 6.71. The van der Waals surface area contributed by atoms with Gasteiger partial charge in [0.05, 0.1) is 12.6 Å². The number of rotatable bonds is 5. The van der Waals surface area contributed by atoms with Crippen molar-refractivity contribution in [3.63, 3.8) is 0 Å². The van der Waals surface area contributed by atoms with E-state index in [-0.39, 0.29) is 35.4 Å². The molecule has 206 valence electrons. The van der Waals surface area contributed by atoms with Gasteiger partial charge < -0.3 is 9.80 Å². The molecule has 38 heavy (non-hydrogen) atoms. The molecular formula is C30H40Cl2N4O2. The Hall–Kier alpha value is -2.12. The summed E-state index contributed by atoms with van der Waals surface area (Å²) in [5.41, 5.74) is 2.24. The Bertz CT molecular complexity index is 1070. The van der Waals surface area contributed by atoms with Crippen LogP contribution in [0.2, 0.25) is 10.0 Å². The van der Waals surface area contributed by atoms with E-state index in [0.29, 0.717) is 29.7 Å². The van der Waals surface area contributed by atoms with Crippen LogP contribution in [0.4, 0.5) is 0 Å². The van der Waals surface area contributed by atoms with E-state index in [0.717, 1.165) is 26.2 Å². The minimum atomic E-state index is -0.0977. The van der Waals surface area contributed by atoms with Gasteiger partial charge >= 0.3 is 0 Å². The largest absolute Gasteiger partial charge is 0.338 e. The van der Waals surface area contributed by atoms with E-state index in [1.165, 1.54) is 11.1 Å². The van der Waals surface area contributed by atoms with Crippen LogP contribution >= 0.6 is 23.2 Å². The lowest BCUT2D eigenvalue weighted by molar-refractivity contribution is -0.142. The average Bonchev–Trinajstić information content (AvgIpc) is 2.85. The highest BCUT2D eigenvalue weighted by Crippen LogP contribution is 2.36. The lowest BCUT2D eigenvalue weighted by Crippen LogP contribution is -2.62. The summed E-state index contributed by atoms with van der Waals surface area (Å²) < 4.78 is 0. The van der Waals surface area contributed by atoms with Gasteiger partial charge in [-0.15, -0.1) is 0 Å². The molecule has 4 rings (SSSR count). The fourth-order valence-corrected chi connectivity index (χ4v) is 6.16. The molecular weight excluding hydrogens is 519 g/mol. The molecule has 2 heterocycles. The molecule has 2 aromatic rings. The molecule has 6 nitrogen and oxygen atoms in total. The molecule has 0 bridgehead atoms. The van der Waals surface area contributed by atoms with Crippen molar-refractivity contribution in [3.8, 4) is 0 Å². The zero-order chi connectivity index (χ0) is 27.6. The van der Waals surface area contributed by atoms with E-state index in [1.807, 2.05) is 29.2 Å². The Labute approximate surface area is 237 Å². The van der Waals surface area contributed by atoms with Crippen LogP contribution in [0, 0.1) is 5.41 Å². The standard InChI is InChI=1S/C30H40Cl2N4O2/c1-21-18-33(14-16-35(21)22(2)37)20-28(38)36-17-15-34(19-27(36)30(3,4)5)29(23-6-10-25(31)11-7-23)24-8-12-26(32)13-9-24/h6-13,21,27,29H,14-20H2,1-5H3/t21-,27-/m1/s1. The second-order valence-corrected chi connectivity index (χ2v) is 12.6. The fourth-order valence-electron chi connectivity index (χ4n) is 5.91. The number of amides is 2. The van der Waals surface area contributed by atoms with Crippen LogP contribution in [0.15, 0.2) is 48.5 Å². The molecule has 0 N–H and O–H groups in total. The first kappa shape index (κ1) is 28.9. The number of hydrogen-bond donors (Lipinski definition) is 0. The number of benzene rings is 2. The molecule has 2 aromatic carbocycles. The summed E-state index contributed by atoms with van der Waals surface area (Å²) in [7, 11) is 0. The summed E-state index contributed by atoms with van der Waals surface area (Å²) in [4.78, 5) is 34.2. The Morgan fingerprint density at radius 2 is 1.37 bits per heavy atom. The summed E-state index contributed by atoms with van der Waals surface area (Å²) in [6, 6.07) is 16.3. The number of nitrogens with zero attached hydrogens (tertiary/aromatic N) is 4. The molecule has 8 heteroatoms. The molecule has 0 saturated carbocycles. The van der Waals surface area contributed by atoms with Gasteiger partial charge in [0.25, 0.3) is 0 Å². The number of piperazine rings is 2. The Balaban J connectivity index is 1.54. The number of carbonyl (C=O) groups is 2. The first-order valence-corrected chi connectivity index (χ1v) is 14.2. The number of hydrogen-bond acceptors (Lipinski definition) is 4. The van der Waals surface area contributed by atoms with Crippen LogP contribution in [0.5, 0.6) is 0 Å². The van der Waals surface area contributed by atoms with Crippen LogP contribution in [0.3, 0.4) is 0 Å². The molecule has 0 aromatic heterocycles. The molecule has 0 spiro atoms. The van der Waals surface area contributed by atoms with E-state index in [9.17, 15) is 9.59 Å². The van der Waals surface area contributed by atoms with E-state index < -0.39 is 0 Å². The van der Waals surface area contributed by atoms with Crippen molar-refractivity contribution in [1.82, 2.24) is 19.6 Å². The summed E-state index contributed by atoms with van der Waals surface area (Å²) in [6.45, 7) is 15.0. The first-order valence-electron chi connectivity index (χ1n) is 13.5. The monoisotopic (exact) mass is 558 g/mol. The van der Waals surface area contributed by atoms with Gasteiger partial charge in [0.15, 0.2) is 0 Å². The van der Waals surface area contributed by atoms with Crippen LogP contribution < -0.4 is 0 Å². The number of carbonyl (C=O) groups excluding carboxylic acids is 2. The molecule has 0 unspecified atom stereocenters. The highest BCUT2D eigenvalue weighted by atomic mass is 35.5. The molecule has 2 fully saturated rings. The van der Waals surface area contributed by atoms with Gasteiger partial charge in [-0.2, -0.15) is 0 Å². The zero-order valence-corrected chi connectivity index (χ0v) is 24.7. The predicted molar refractivity (Wildman–Crippen MR) is 155 cm³/mol. The van der Waals surface area contributed by atoms with Gasteiger partial charge in [-0.25, -0.2) is 0 Å². The highest BCUT2D eigenvalue weighted by Gasteiger charge is 2.41. The SMILES string of the molecule is CC(=O)N1CCN(CC(=O)N2CCN(C(c3ccc(Cl)cc3)c3ccc(Cl)cc3)C[C@@H]2C(C)(C)C)C[C@H]1C. The van der Waals surface area contributed by atoms with E-state index in [2.05, 4.69) is 66.7 Å². The maximum Gasteiger partial charge on any atom is 0.237 e. The van der Waals surface area contributed by atoms with Gasteiger partial charge in [0.2, 0.25) is 11.8 Å². The van der Waals surface area contributed by atoms with Crippen molar-refractivity contribution in [2.75, 3.05) is 45.8 Å². The highest BCUT2D eigenvalue weighted by molar-refractivity contribution is 6.30. The summed E-state index contributed by atoms with van der Waals surface area (Å²) in [5, 5.41) is 1.43. The third-order valence-corrected chi connectivity index (χ3v) is 8.45. The first-order chi connectivity index (χ1) is 17.9. The zero-order valence-electron chi connectivity index (χ0n) is 23.2. The van der Waals surface area contributed by atoms with Gasteiger partial charge in [0.1, 0.15) is 0 Å². The fraction of sp³-hybridized carbons (Fsp3) is 0.533. The normalized spacial score (nSPS) is 21.7. The smallest absolute Gasteiger partial charge is 0.237 e. The average molecular weight is 560 g/mol. The number of halogens is 2. The minimum Gasteiger partial charge on any atom is -0.338 e. The van der Waals surface area contributed by atoms with Crippen molar-refractivity contribution in [2.45, 2.75) is 52.7 Å². The van der Waals surface area contributed by atoms with Crippen LogP contribution in [0.1, 0.15) is 51.8 Å². The van der Waals surface area contributed by atoms with Gasteiger partial charge in [-0.1, -0.05) is 68.2 Å². The van der Waals surface area contributed by atoms with E-state index in [1.54, 1.807) is 6.92 Å². The summed E-state index contributed by atoms with van der Waals surface area (Å²) in [6.07, 6.45) is 0. The van der Waals surface area contributed by atoms with E-state index in [4.69, 9.17) is 23.2 Å². The van der Waals surface area contributed by atoms with Crippen molar-refractivity contribution >= 4 is 35.0 Å². The quantitative estimate of drug-likeness (QED) is 0.506. The predicted octanol–water partition coefficient (Wildman–Crippen LogP) is 5.19. The summed E-state index contributed by atoms with van der Waals surface area (Å²) >= 11 is 12.4. The Kier molecular flexibility index (Phi) is 9.08. The summed E-state index contributed by atoms with van der Waals surface area (Å²) in [5.74, 6) is 0.269. The topological polar surface area (TPSA) is 47.1 Å². The van der Waals surface area contributed by atoms with Crippen molar-refractivity contribution in [1.29, 1.82) is 0 Å². The lowest BCUT2D eigenvalue weighted by Gasteiger charge is -2.50. The van der Waals surface area contributed by atoms with Crippen LogP contribution in [-0.2, 0) is 9.59 Å². The third-order valence-electron chi connectivity index (χ3n) is 7.94. The van der Waals surface area contributed by atoms with Crippen molar-refractivity contribution in [2.24, 2.45) is 5.41 Å². The second-order valence-electron chi connectivity index (χ2n) is 11.8. The van der Waals surface area contributed by atoms with Crippen LogP contribution in [0.25, 0.3) is 0 Å². The van der Waals surface area contributed by atoms with Crippen molar-refractivity contribution in [3.05, 3.63) is 69.7 Å². The molecule has 0 radical (unpaired) electrons. The van der Waals surface area contributed by atoms with E-state index >= 15 is 0 Å². The molecule has 2 aliphatic heterocycles. The lowest BCUT2D eigenvalue weighted by atomic mass is 9.83. The van der Waals surface area contributed by atoms with Gasteiger partial charge in [-0.05, 0) is 47.7 Å². The molecule has 2 aliphatic rings. The minimum absolute atomic E-state index is 0.0344. The molecule has 2 saturated heterocycles. The Morgan fingerprint density at radius 3 is 1.84 bits per heavy atom. The van der Waals surface area contributed by atoms with Gasteiger partial charge in [0, 0.05) is 68.3 Å². The Morgan fingerprint density at radius 1 is 0.842 bits per heavy atom. The van der Waals surface area contributed by atoms with Crippen LogP contribution in [-0.4, -0.2) is 89.3 Å². The van der Waals surface area contributed by atoms with Gasteiger partial charge in [-0.3, -0.25) is 19.4 Å². The molecule has 0 aliphatic carbocycles. The molecule has 2 atom stereocenters. The maximum atomic E-state index is 13.7. The van der Waals surface area contributed by atoms with Crippen molar-refractivity contribution < 1.29 is 9.59 Å². The second kappa shape index (κ2) is 12.0. The molecule has 2 amide bonds.